The fourth-order valence-corrected chi connectivity index (χ4v) is 1.15. The lowest BCUT2D eigenvalue weighted by molar-refractivity contribution is 0.0944. The van der Waals surface area contributed by atoms with E-state index in [1.165, 1.54) is 0 Å². The van der Waals surface area contributed by atoms with Crippen molar-refractivity contribution >= 4 is 5.91 Å². The fraction of sp³-hybridized carbons (Fsp3) is 0.556. The lowest BCUT2D eigenvalue weighted by Gasteiger charge is -1.98. The van der Waals surface area contributed by atoms with Crippen molar-refractivity contribution in [2.24, 2.45) is 7.05 Å². The Morgan fingerprint density at radius 2 is 2.57 bits per heavy atom. The van der Waals surface area contributed by atoms with Crippen molar-refractivity contribution in [2.75, 3.05) is 13.2 Å². The van der Waals surface area contributed by atoms with E-state index >= 15 is 0 Å². The van der Waals surface area contributed by atoms with E-state index in [4.69, 9.17) is 4.74 Å². The Kier molecular flexibility index (Phi) is 2.25. The molecule has 1 saturated heterocycles. The minimum absolute atomic E-state index is 0.135. The number of carbonyl (C=O) groups is 1. The van der Waals surface area contributed by atoms with Gasteiger partial charge in [-0.3, -0.25) is 9.48 Å². The molecule has 0 bridgehead atoms. The van der Waals surface area contributed by atoms with E-state index in [1.807, 2.05) is 14.0 Å². The van der Waals surface area contributed by atoms with Crippen LogP contribution in [0.4, 0.5) is 0 Å². The van der Waals surface area contributed by atoms with Gasteiger partial charge in [0.15, 0.2) is 0 Å². The van der Waals surface area contributed by atoms with Crippen LogP contribution >= 0.6 is 0 Å². The van der Waals surface area contributed by atoms with E-state index in [2.05, 4.69) is 10.4 Å². The van der Waals surface area contributed by atoms with Crippen LogP contribution in [0.2, 0.25) is 0 Å². The quantitative estimate of drug-likeness (QED) is 0.683. The molecule has 76 valence electrons. The van der Waals surface area contributed by atoms with Crippen molar-refractivity contribution in [3.8, 4) is 0 Å². The van der Waals surface area contributed by atoms with Crippen LogP contribution in [0.25, 0.3) is 0 Å². The lowest BCUT2D eigenvalue weighted by atomic mass is 10.3. The third-order valence-electron chi connectivity index (χ3n) is 2.24. The first kappa shape index (κ1) is 9.21. The van der Waals surface area contributed by atoms with Crippen LogP contribution in [0.1, 0.15) is 16.2 Å². The molecule has 1 N–H and O–H groups in total. The molecule has 1 amide bonds. The van der Waals surface area contributed by atoms with Gasteiger partial charge in [-0.25, -0.2) is 0 Å². The van der Waals surface area contributed by atoms with E-state index in [-0.39, 0.29) is 12.0 Å². The Balaban J connectivity index is 1.95. The summed E-state index contributed by atoms with van der Waals surface area (Å²) in [4.78, 5) is 11.5. The zero-order valence-corrected chi connectivity index (χ0v) is 8.28. The molecule has 0 radical (unpaired) electrons. The van der Waals surface area contributed by atoms with Crippen LogP contribution in [0.15, 0.2) is 6.07 Å². The molecular weight excluding hydrogens is 182 g/mol. The number of nitrogens with one attached hydrogen (secondary N) is 1. The Hall–Kier alpha value is -1.36. The Morgan fingerprint density at radius 1 is 1.86 bits per heavy atom. The normalized spacial score (nSPS) is 19.4. The zero-order valence-electron chi connectivity index (χ0n) is 8.28. The number of carbonyl (C=O) groups excluding carboxylic acids is 1. The molecule has 0 aliphatic carbocycles. The highest BCUT2D eigenvalue weighted by Crippen LogP contribution is 2.07. The van der Waals surface area contributed by atoms with Gasteiger partial charge in [0, 0.05) is 19.3 Å². The molecule has 0 spiro atoms. The van der Waals surface area contributed by atoms with E-state index in [9.17, 15) is 4.79 Å². The predicted octanol–water partition coefficient (Wildman–Crippen LogP) is -0.143. The molecule has 2 rings (SSSR count). The number of nitrogens with zero attached hydrogens (tertiary/aromatic N) is 2. The highest BCUT2D eigenvalue weighted by atomic mass is 16.6. The van der Waals surface area contributed by atoms with Crippen LogP contribution < -0.4 is 5.32 Å². The number of aromatic nitrogens is 2. The molecular formula is C9H13N3O2. The molecule has 1 aliphatic heterocycles. The van der Waals surface area contributed by atoms with Gasteiger partial charge in [-0.05, 0) is 13.0 Å². The van der Waals surface area contributed by atoms with Gasteiger partial charge >= 0.3 is 0 Å². The van der Waals surface area contributed by atoms with Gasteiger partial charge in [0.2, 0.25) is 0 Å². The maximum Gasteiger partial charge on any atom is 0.271 e. The van der Waals surface area contributed by atoms with Crippen molar-refractivity contribution in [1.29, 1.82) is 0 Å². The first-order valence-electron chi connectivity index (χ1n) is 4.57. The zero-order chi connectivity index (χ0) is 10.1. The average molecular weight is 195 g/mol. The van der Waals surface area contributed by atoms with Gasteiger partial charge in [0.1, 0.15) is 5.69 Å². The number of rotatable bonds is 3. The monoisotopic (exact) mass is 195 g/mol. The molecule has 2 heterocycles. The van der Waals surface area contributed by atoms with Crippen LogP contribution in [0.5, 0.6) is 0 Å². The van der Waals surface area contributed by atoms with E-state index < -0.39 is 0 Å². The second-order valence-electron chi connectivity index (χ2n) is 3.46. The maximum atomic E-state index is 11.5. The summed E-state index contributed by atoms with van der Waals surface area (Å²) in [6.07, 6.45) is 0.212. The van der Waals surface area contributed by atoms with Crippen molar-refractivity contribution < 1.29 is 9.53 Å². The van der Waals surface area contributed by atoms with Gasteiger partial charge in [-0.1, -0.05) is 0 Å². The number of hydrogen-bond donors (Lipinski definition) is 1. The van der Waals surface area contributed by atoms with E-state index in [1.54, 1.807) is 10.7 Å². The molecule has 5 nitrogen and oxygen atoms in total. The van der Waals surface area contributed by atoms with Gasteiger partial charge in [0.25, 0.3) is 5.91 Å². The van der Waals surface area contributed by atoms with Crippen molar-refractivity contribution in [2.45, 2.75) is 13.0 Å². The summed E-state index contributed by atoms with van der Waals surface area (Å²) in [6, 6.07) is 1.77. The summed E-state index contributed by atoms with van der Waals surface area (Å²) in [5, 5.41) is 6.83. The number of epoxide rings is 1. The average Bonchev–Trinajstić information content (AvgIpc) is 2.91. The van der Waals surface area contributed by atoms with Crippen LogP contribution in [0.3, 0.4) is 0 Å². The second-order valence-corrected chi connectivity index (χ2v) is 3.46. The van der Waals surface area contributed by atoms with Crippen LogP contribution in [-0.4, -0.2) is 34.9 Å². The minimum Gasteiger partial charge on any atom is -0.371 e. The molecule has 1 aliphatic rings. The van der Waals surface area contributed by atoms with E-state index in [0.29, 0.717) is 12.2 Å². The fourth-order valence-electron chi connectivity index (χ4n) is 1.15. The summed E-state index contributed by atoms with van der Waals surface area (Å²) < 4.78 is 6.67. The first-order chi connectivity index (χ1) is 6.66. The van der Waals surface area contributed by atoms with E-state index in [0.717, 1.165) is 12.3 Å². The van der Waals surface area contributed by atoms with Crippen molar-refractivity contribution in [3.05, 3.63) is 17.5 Å². The second kappa shape index (κ2) is 3.42. The SMILES string of the molecule is Cc1cc(C(=O)NC[C@@H]2CO2)nn1C. The molecule has 5 heteroatoms. The molecule has 1 fully saturated rings. The summed E-state index contributed by atoms with van der Waals surface area (Å²) in [5.41, 5.74) is 1.43. The minimum atomic E-state index is -0.135. The van der Waals surface area contributed by atoms with Gasteiger partial charge < -0.3 is 10.1 Å². The third kappa shape index (κ3) is 1.93. The number of hydrogen-bond acceptors (Lipinski definition) is 3. The highest BCUT2D eigenvalue weighted by molar-refractivity contribution is 5.92. The first-order valence-corrected chi connectivity index (χ1v) is 4.57. The molecule has 1 atom stereocenters. The summed E-state index contributed by atoms with van der Waals surface area (Å²) in [6.45, 7) is 3.24. The maximum absolute atomic E-state index is 11.5. The van der Waals surface area contributed by atoms with Crippen molar-refractivity contribution in [1.82, 2.24) is 15.1 Å². The molecule has 1 aromatic heterocycles. The van der Waals surface area contributed by atoms with Gasteiger partial charge in [0.05, 0.1) is 12.7 Å². The lowest BCUT2D eigenvalue weighted by Crippen LogP contribution is -2.27. The smallest absolute Gasteiger partial charge is 0.271 e. The van der Waals surface area contributed by atoms with Crippen LogP contribution in [0, 0.1) is 6.92 Å². The van der Waals surface area contributed by atoms with Crippen molar-refractivity contribution in [3.63, 3.8) is 0 Å². The number of amides is 1. The topological polar surface area (TPSA) is 59.5 Å². The molecule has 1 aromatic rings. The Morgan fingerprint density at radius 3 is 3.07 bits per heavy atom. The van der Waals surface area contributed by atoms with Gasteiger partial charge in [-0.15, -0.1) is 0 Å². The van der Waals surface area contributed by atoms with Gasteiger partial charge in [-0.2, -0.15) is 5.10 Å². The summed E-state index contributed by atoms with van der Waals surface area (Å²) in [7, 11) is 1.82. The Labute approximate surface area is 82.0 Å². The molecule has 0 saturated carbocycles. The highest BCUT2D eigenvalue weighted by Gasteiger charge is 2.23. The largest absolute Gasteiger partial charge is 0.371 e. The predicted molar refractivity (Wildman–Crippen MR) is 50.0 cm³/mol. The summed E-state index contributed by atoms with van der Waals surface area (Å²) >= 11 is 0. The standard InChI is InChI=1S/C9H13N3O2/c1-6-3-8(11-12(6)2)9(13)10-4-7-5-14-7/h3,7H,4-5H2,1-2H3,(H,10,13)/t7-/m1/s1. The third-order valence-corrected chi connectivity index (χ3v) is 2.24. The molecule has 14 heavy (non-hydrogen) atoms. The number of ether oxygens (including phenoxy) is 1. The van der Waals surface area contributed by atoms with Crippen LogP contribution in [-0.2, 0) is 11.8 Å². The Bertz CT molecular complexity index is 335. The molecule has 0 unspecified atom stereocenters. The number of aryl methyl sites for hydroxylation is 2. The molecule has 0 aromatic carbocycles. The summed E-state index contributed by atoms with van der Waals surface area (Å²) in [5.74, 6) is -0.135.